The molecular weight excluding hydrogens is 362 g/mol. The van der Waals surface area contributed by atoms with E-state index >= 15 is 0 Å². The zero-order chi connectivity index (χ0) is 20.3. The molecule has 1 heterocycles. The van der Waals surface area contributed by atoms with Crippen LogP contribution in [0.1, 0.15) is 11.1 Å². The number of ether oxygens (including phenoxy) is 1. The van der Waals surface area contributed by atoms with Crippen LogP contribution in [0.2, 0.25) is 0 Å². The Morgan fingerprint density at radius 3 is 2.00 bits per heavy atom. The van der Waals surface area contributed by atoms with E-state index in [0.717, 1.165) is 0 Å². The van der Waals surface area contributed by atoms with Crippen LogP contribution in [-0.2, 0) is 0 Å². The van der Waals surface area contributed by atoms with Crippen molar-refractivity contribution in [2.45, 2.75) is 0 Å². The van der Waals surface area contributed by atoms with Gasteiger partial charge in [-0.2, -0.15) is 10.5 Å². The van der Waals surface area contributed by atoms with E-state index < -0.39 is 10.5 Å². The van der Waals surface area contributed by atoms with Gasteiger partial charge in [-0.15, -0.1) is 0 Å². The van der Waals surface area contributed by atoms with Crippen molar-refractivity contribution in [2.24, 2.45) is 0 Å². The Hall–Kier alpha value is -4.63. The molecule has 0 amide bonds. The van der Waals surface area contributed by atoms with Crippen LogP contribution < -0.4 is 16.0 Å². The number of nitrogens with one attached hydrogen (secondary N) is 1. The van der Waals surface area contributed by atoms with Crippen molar-refractivity contribution in [3.05, 3.63) is 80.1 Å². The fraction of sp³-hybridized carbons (Fsp3) is 0. The number of nitro groups is 1. The first-order chi connectivity index (χ1) is 13.4. The van der Waals surface area contributed by atoms with Gasteiger partial charge in [-0.3, -0.25) is 14.9 Å². The van der Waals surface area contributed by atoms with Crippen LogP contribution in [0.4, 0.5) is 11.5 Å². The maximum Gasteiger partial charge on any atom is 0.269 e. The van der Waals surface area contributed by atoms with Crippen molar-refractivity contribution in [3.63, 3.8) is 0 Å². The van der Waals surface area contributed by atoms with E-state index in [1.54, 1.807) is 30.3 Å². The summed E-state index contributed by atoms with van der Waals surface area (Å²) >= 11 is 0. The smallest absolute Gasteiger partial charge is 0.269 e. The molecule has 9 heteroatoms. The first-order valence-electron chi connectivity index (χ1n) is 7.83. The SMILES string of the molecule is N#Cc1c(N)[nH]c(=O)c(C#N)c1-c1ccc(Oc2ccc([N+](=O)[O-])cc2)cc1. The number of rotatable bonds is 4. The van der Waals surface area contributed by atoms with Crippen molar-refractivity contribution in [1.29, 1.82) is 10.5 Å². The molecule has 28 heavy (non-hydrogen) atoms. The van der Waals surface area contributed by atoms with E-state index in [2.05, 4.69) is 4.98 Å². The van der Waals surface area contributed by atoms with Gasteiger partial charge in [0.1, 0.15) is 40.6 Å². The molecule has 0 radical (unpaired) electrons. The van der Waals surface area contributed by atoms with E-state index in [1.807, 2.05) is 6.07 Å². The molecule has 0 aliphatic heterocycles. The van der Waals surface area contributed by atoms with E-state index in [0.29, 0.717) is 17.1 Å². The lowest BCUT2D eigenvalue weighted by Gasteiger charge is -2.10. The van der Waals surface area contributed by atoms with Crippen LogP contribution >= 0.6 is 0 Å². The van der Waals surface area contributed by atoms with Gasteiger partial charge in [-0.1, -0.05) is 12.1 Å². The number of benzene rings is 2. The molecule has 0 saturated heterocycles. The molecule has 0 unspecified atom stereocenters. The van der Waals surface area contributed by atoms with Gasteiger partial charge in [0, 0.05) is 17.7 Å². The minimum atomic E-state index is -0.680. The number of aromatic nitrogens is 1. The van der Waals surface area contributed by atoms with Crippen LogP contribution in [0.25, 0.3) is 11.1 Å². The van der Waals surface area contributed by atoms with Gasteiger partial charge in [0.25, 0.3) is 11.2 Å². The number of hydrogen-bond donors (Lipinski definition) is 2. The van der Waals surface area contributed by atoms with E-state index in [1.165, 1.54) is 24.3 Å². The Balaban J connectivity index is 1.96. The Morgan fingerprint density at radius 2 is 1.50 bits per heavy atom. The average molecular weight is 373 g/mol. The number of aromatic amines is 1. The normalized spacial score (nSPS) is 9.93. The number of nitrogens with zero attached hydrogens (tertiary/aromatic N) is 3. The quantitative estimate of drug-likeness (QED) is 0.525. The lowest BCUT2D eigenvalue weighted by atomic mass is 9.96. The van der Waals surface area contributed by atoms with E-state index in [-0.39, 0.29) is 28.2 Å². The van der Waals surface area contributed by atoms with Crippen molar-refractivity contribution < 1.29 is 9.66 Å². The third-order valence-electron chi connectivity index (χ3n) is 3.89. The zero-order valence-electron chi connectivity index (χ0n) is 14.2. The third-order valence-corrected chi connectivity index (χ3v) is 3.89. The van der Waals surface area contributed by atoms with Crippen molar-refractivity contribution in [3.8, 4) is 34.8 Å². The van der Waals surface area contributed by atoms with Crippen molar-refractivity contribution in [2.75, 3.05) is 5.73 Å². The second-order valence-corrected chi connectivity index (χ2v) is 5.59. The summed E-state index contributed by atoms with van der Waals surface area (Å²) in [5, 5.41) is 29.3. The number of nitriles is 2. The molecule has 0 bridgehead atoms. The molecule has 0 saturated carbocycles. The predicted molar refractivity (Wildman–Crippen MR) is 99.5 cm³/mol. The Kier molecular flexibility index (Phi) is 4.75. The number of pyridine rings is 1. The number of nitrogens with two attached hydrogens (primary N) is 1. The topological polar surface area (TPSA) is 159 Å². The maximum absolute atomic E-state index is 12.0. The van der Waals surface area contributed by atoms with Crippen LogP contribution in [0.15, 0.2) is 53.3 Å². The summed E-state index contributed by atoms with van der Waals surface area (Å²) in [5.41, 5.74) is 5.35. The standard InChI is InChI=1S/C19H11N5O4/c20-9-15-17(16(10-21)19(25)23-18(15)22)11-1-5-13(6-2-11)28-14-7-3-12(4-8-14)24(26)27/h1-8H,(H3,22,23,25). The van der Waals surface area contributed by atoms with Crippen LogP contribution in [0.3, 0.4) is 0 Å². The van der Waals surface area contributed by atoms with Gasteiger partial charge in [0.05, 0.1) is 4.92 Å². The summed E-state index contributed by atoms with van der Waals surface area (Å²) in [6.45, 7) is 0. The Bertz CT molecular complexity index is 1200. The molecule has 0 fully saturated rings. The molecule has 3 rings (SSSR count). The fourth-order valence-corrected chi connectivity index (χ4v) is 2.59. The van der Waals surface area contributed by atoms with Crippen molar-refractivity contribution in [1.82, 2.24) is 4.98 Å². The molecule has 0 atom stereocenters. The molecule has 0 spiro atoms. The number of anilines is 1. The molecule has 9 nitrogen and oxygen atoms in total. The van der Waals surface area contributed by atoms with Gasteiger partial charge in [0.2, 0.25) is 0 Å². The Morgan fingerprint density at radius 1 is 0.964 bits per heavy atom. The first-order valence-corrected chi connectivity index (χ1v) is 7.83. The number of hydrogen-bond acceptors (Lipinski definition) is 7. The minimum Gasteiger partial charge on any atom is -0.457 e. The number of nitro benzene ring substituents is 1. The molecule has 1 aromatic heterocycles. The molecule has 0 aliphatic rings. The van der Waals surface area contributed by atoms with Gasteiger partial charge in [-0.05, 0) is 29.8 Å². The predicted octanol–water partition coefficient (Wildman–Crippen LogP) is 3.07. The second-order valence-electron chi connectivity index (χ2n) is 5.59. The summed E-state index contributed by atoms with van der Waals surface area (Å²) < 4.78 is 5.62. The van der Waals surface area contributed by atoms with Gasteiger partial charge < -0.3 is 15.5 Å². The summed E-state index contributed by atoms with van der Waals surface area (Å²) in [6.07, 6.45) is 0. The summed E-state index contributed by atoms with van der Waals surface area (Å²) in [5.74, 6) is 0.703. The van der Waals surface area contributed by atoms with E-state index in [4.69, 9.17) is 10.5 Å². The largest absolute Gasteiger partial charge is 0.457 e. The number of nitrogen functional groups attached to an aromatic ring is 1. The Labute approximate surface area is 158 Å². The molecule has 0 aliphatic carbocycles. The average Bonchev–Trinajstić information content (AvgIpc) is 2.68. The monoisotopic (exact) mass is 373 g/mol. The lowest BCUT2D eigenvalue weighted by molar-refractivity contribution is -0.384. The number of H-pyrrole nitrogens is 1. The molecule has 3 N–H and O–H groups in total. The lowest BCUT2D eigenvalue weighted by Crippen LogP contribution is -2.16. The highest BCUT2D eigenvalue weighted by Crippen LogP contribution is 2.31. The maximum atomic E-state index is 12.0. The fourth-order valence-electron chi connectivity index (χ4n) is 2.59. The van der Waals surface area contributed by atoms with Gasteiger partial charge >= 0.3 is 0 Å². The molecule has 136 valence electrons. The molecular formula is C19H11N5O4. The number of non-ortho nitro benzene ring substituents is 1. The zero-order valence-corrected chi connectivity index (χ0v) is 14.2. The van der Waals surface area contributed by atoms with Crippen LogP contribution in [0.5, 0.6) is 11.5 Å². The molecule has 2 aromatic carbocycles. The van der Waals surface area contributed by atoms with Crippen molar-refractivity contribution >= 4 is 11.5 Å². The first kappa shape index (κ1) is 18.2. The van der Waals surface area contributed by atoms with Gasteiger partial charge in [0.15, 0.2) is 0 Å². The summed E-state index contributed by atoms with van der Waals surface area (Å²) in [4.78, 5) is 24.4. The van der Waals surface area contributed by atoms with Gasteiger partial charge in [-0.25, -0.2) is 0 Å². The van der Waals surface area contributed by atoms with Crippen LogP contribution in [0, 0.1) is 32.8 Å². The summed E-state index contributed by atoms with van der Waals surface area (Å²) in [7, 11) is 0. The van der Waals surface area contributed by atoms with E-state index in [9.17, 15) is 25.4 Å². The highest BCUT2D eigenvalue weighted by Gasteiger charge is 2.18. The molecule has 3 aromatic rings. The van der Waals surface area contributed by atoms with Crippen LogP contribution in [-0.4, -0.2) is 9.91 Å². The second kappa shape index (κ2) is 7.32. The minimum absolute atomic E-state index is 0.000173. The third kappa shape index (κ3) is 3.36. The highest BCUT2D eigenvalue weighted by atomic mass is 16.6. The summed E-state index contributed by atoms with van der Waals surface area (Å²) in [6, 6.07) is 15.6. The highest BCUT2D eigenvalue weighted by molar-refractivity contribution is 5.80.